The first-order valence-corrected chi connectivity index (χ1v) is 7.88. The van der Waals surface area contributed by atoms with Gasteiger partial charge in [-0.15, -0.1) is 0 Å². The van der Waals surface area contributed by atoms with Crippen LogP contribution < -0.4 is 0 Å². The van der Waals surface area contributed by atoms with Gasteiger partial charge in [0.1, 0.15) is 5.82 Å². The molecule has 2 aromatic rings. The highest BCUT2D eigenvalue weighted by Gasteiger charge is 2.27. The molecular weight excluding hydrogens is 293 g/mol. The van der Waals surface area contributed by atoms with Crippen molar-refractivity contribution in [1.29, 1.82) is 0 Å². The quantitative estimate of drug-likeness (QED) is 0.869. The largest absolute Gasteiger partial charge is 0.377 e. The van der Waals surface area contributed by atoms with Crippen molar-refractivity contribution < 1.29 is 13.9 Å². The summed E-state index contributed by atoms with van der Waals surface area (Å²) in [6.07, 6.45) is 0.849. The topological polar surface area (TPSA) is 29.5 Å². The highest BCUT2D eigenvalue weighted by atomic mass is 19.1. The van der Waals surface area contributed by atoms with Crippen molar-refractivity contribution >= 4 is 5.91 Å². The molecule has 0 bridgehead atoms. The predicted octanol–water partition coefficient (Wildman–Crippen LogP) is 2.84. The van der Waals surface area contributed by atoms with E-state index in [1.807, 2.05) is 35.2 Å². The highest BCUT2D eigenvalue weighted by molar-refractivity contribution is 5.79. The summed E-state index contributed by atoms with van der Waals surface area (Å²) in [5.74, 6) is -0.368. The summed E-state index contributed by atoms with van der Waals surface area (Å²) < 4.78 is 19.3. The molecule has 0 saturated carbocycles. The molecule has 1 aliphatic rings. The van der Waals surface area contributed by atoms with Crippen molar-refractivity contribution in [3.8, 4) is 0 Å². The molecule has 1 saturated heterocycles. The highest BCUT2D eigenvalue weighted by Crippen LogP contribution is 2.16. The van der Waals surface area contributed by atoms with Crippen LogP contribution in [-0.4, -0.2) is 36.6 Å². The molecule has 23 heavy (non-hydrogen) atoms. The molecule has 1 amide bonds. The predicted molar refractivity (Wildman–Crippen MR) is 86.6 cm³/mol. The van der Waals surface area contributed by atoms with Gasteiger partial charge >= 0.3 is 0 Å². The van der Waals surface area contributed by atoms with Crippen molar-refractivity contribution in [2.24, 2.45) is 0 Å². The second-order valence-electron chi connectivity index (χ2n) is 5.77. The third-order valence-corrected chi connectivity index (χ3v) is 4.16. The zero-order valence-corrected chi connectivity index (χ0v) is 13.0. The molecule has 3 rings (SSSR count). The summed E-state index contributed by atoms with van der Waals surface area (Å²) in [4.78, 5) is 14.5. The fourth-order valence-electron chi connectivity index (χ4n) is 2.94. The Bertz CT molecular complexity index is 659. The van der Waals surface area contributed by atoms with Crippen molar-refractivity contribution in [3.63, 3.8) is 0 Å². The first-order chi connectivity index (χ1) is 11.2. The summed E-state index contributed by atoms with van der Waals surface area (Å²) in [6.45, 7) is 1.62. The van der Waals surface area contributed by atoms with E-state index in [0.717, 1.165) is 6.42 Å². The summed E-state index contributed by atoms with van der Waals surface area (Å²) in [6, 6.07) is 16.5. The van der Waals surface area contributed by atoms with Crippen LogP contribution in [0, 0.1) is 5.82 Å². The zero-order valence-electron chi connectivity index (χ0n) is 13.0. The Morgan fingerprint density at radius 1 is 1.13 bits per heavy atom. The van der Waals surface area contributed by atoms with Crippen LogP contribution >= 0.6 is 0 Å². The van der Waals surface area contributed by atoms with E-state index >= 15 is 0 Å². The standard InChI is InChI=1S/C19H20FNO2/c20-18-9-5-4-8-16(18)13-19(22)21-10-11-23-14-17(21)12-15-6-2-1-3-7-15/h1-9,17H,10-14H2. The van der Waals surface area contributed by atoms with Gasteiger partial charge < -0.3 is 9.64 Å². The Hall–Kier alpha value is -2.20. The van der Waals surface area contributed by atoms with Gasteiger partial charge in [0, 0.05) is 6.54 Å². The number of amides is 1. The number of carbonyl (C=O) groups is 1. The Balaban J connectivity index is 1.70. The molecule has 2 aromatic carbocycles. The molecule has 3 nitrogen and oxygen atoms in total. The van der Waals surface area contributed by atoms with Gasteiger partial charge in [-0.3, -0.25) is 4.79 Å². The smallest absolute Gasteiger partial charge is 0.227 e. The Morgan fingerprint density at radius 2 is 1.87 bits per heavy atom. The van der Waals surface area contributed by atoms with Gasteiger partial charge in [-0.25, -0.2) is 4.39 Å². The lowest BCUT2D eigenvalue weighted by atomic mass is 10.0. The van der Waals surface area contributed by atoms with E-state index < -0.39 is 0 Å². The molecule has 1 unspecified atom stereocenters. The summed E-state index contributed by atoms with van der Waals surface area (Å²) in [7, 11) is 0. The maximum absolute atomic E-state index is 13.8. The SMILES string of the molecule is O=C(Cc1ccccc1F)N1CCOCC1Cc1ccccc1. The fraction of sp³-hybridized carbons (Fsp3) is 0.316. The fourth-order valence-corrected chi connectivity index (χ4v) is 2.94. The van der Waals surface area contributed by atoms with Crippen LogP contribution in [0.4, 0.5) is 4.39 Å². The van der Waals surface area contributed by atoms with Gasteiger partial charge in [0.25, 0.3) is 0 Å². The molecule has 4 heteroatoms. The molecule has 0 spiro atoms. The number of nitrogens with zero attached hydrogens (tertiary/aromatic N) is 1. The average molecular weight is 313 g/mol. The Kier molecular flexibility index (Phi) is 5.03. The van der Waals surface area contributed by atoms with Crippen LogP contribution in [-0.2, 0) is 22.4 Å². The normalized spacial score (nSPS) is 18.0. The van der Waals surface area contributed by atoms with Crippen molar-refractivity contribution in [3.05, 3.63) is 71.5 Å². The van der Waals surface area contributed by atoms with Crippen LogP contribution in [0.1, 0.15) is 11.1 Å². The van der Waals surface area contributed by atoms with Crippen LogP contribution in [0.3, 0.4) is 0 Å². The molecule has 0 radical (unpaired) electrons. The van der Waals surface area contributed by atoms with E-state index in [9.17, 15) is 9.18 Å². The van der Waals surface area contributed by atoms with Gasteiger partial charge in [0.05, 0.1) is 25.7 Å². The van der Waals surface area contributed by atoms with Gasteiger partial charge in [-0.2, -0.15) is 0 Å². The summed E-state index contributed by atoms with van der Waals surface area (Å²) in [5, 5.41) is 0. The molecule has 0 aromatic heterocycles. The van der Waals surface area contributed by atoms with Gasteiger partial charge in [0.2, 0.25) is 5.91 Å². The third kappa shape index (κ3) is 3.96. The minimum absolute atomic E-state index is 0.00502. The third-order valence-electron chi connectivity index (χ3n) is 4.16. The Morgan fingerprint density at radius 3 is 2.65 bits per heavy atom. The number of halogens is 1. The summed E-state index contributed by atoms with van der Waals surface area (Å²) in [5.41, 5.74) is 1.62. The molecule has 1 aliphatic heterocycles. The molecule has 1 heterocycles. The lowest BCUT2D eigenvalue weighted by Gasteiger charge is -2.36. The number of ether oxygens (including phenoxy) is 1. The van der Waals surface area contributed by atoms with Crippen LogP contribution in [0.2, 0.25) is 0 Å². The van der Waals surface area contributed by atoms with E-state index in [2.05, 4.69) is 0 Å². The maximum atomic E-state index is 13.8. The number of hydrogen-bond donors (Lipinski definition) is 0. The monoisotopic (exact) mass is 313 g/mol. The lowest BCUT2D eigenvalue weighted by molar-refractivity contribution is -0.139. The van der Waals surface area contributed by atoms with E-state index in [0.29, 0.717) is 25.3 Å². The van der Waals surface area contributed by atoms with E-state index in [1.54, 1.807) is 18.2 Å². The van der Waals surface area contributed by atoms with Crippen molar-refractivity contribution in [2.45, 2.75) is 18.9 Å². The molecule has 1 fully saturated rings. The van der Waals surface area contributed by atoms with Crippen LogP contribution in [0.5, 0.6) is 0 Å². The van der Waals surface area contributed by atoms with Gasteiger partial charge in [-0.05, 0) is 23.6 Å². The number of benzene rings is 2. The Labute approximate surface area is 135 Å². The van der Waals surface area contributed by atoms with E-state index in [-0.39, 0.29) is 24.2 Å². The van der Waals surface area contributed by atoms with Crippen molar-refractivity contribution in [1.82, 2.24) is 4.90 Å². The minimum atomic E-state index is -0.325. The zero-order chi connectivity index (χ0) is 16.1. The second-order valence-corrected chi connectivity index (χ2v) is 5.77. The molecule has 0 N–H and O–H groups in total. The lowest BCUT2D eigenvalue weighted by Crippen LogP contribution is -2.50. The molecule has 120 valence electrons. The number of hydrogen-bond acceptors (Lipinski definition) is 2. The first-order valence-electron chi connectivity index (χ1n) is 7.88. The van der Waals surface area contributed by atoms with Crippen LogP contribution in [0.25, 0.3) is 0 Å². The number of morpholine rings is 1. The molecular formula is C19H20FNO2. The minimum Gasteiger partial charge on any atom is -0.377 e. The first kappa shape index (κ1) is 15.7. The number of carbonyl (C=O) groups excluding carboxylic acids is 1. The van der Waals surface area contributed by atoms with Gasteiger partial charge in [0.15, 0.2) is 0 Å². The molecule has 1 atom stereocenters. The molecule has 0 aliphatic carbocycles. The second kappa shape index (κ2) is 7.38. The van der Waals surface area contributed by atoms with Gasteiger partial charge in [-0.1, -0.05) is 48.5 Å². The van der Waals surface area contributed by atoms with Crippen LogP contribution in [0.15, 0.2) is 54.6 Å². The summed E-state index contributed by atoms with van der Waals surface area (Å²) >= 11 is 0. The van der Waals surface area contributed by atoms with E-state index in [4.69, 9.17) is 4.74 Å². The maximum Gasteiger partial charge on any atom is 0.227 e. The van der Waals surface area contributed by atoms with E-state index in [1.165, 1.54) is 11.6 Å². The average Bonchev–Trinajstić information content (AvgIpc) is 2.58. The number of rotatable bonds is 4. The van der Waals surface area contributed by atoms with Crippen molar-refractivity contribution in [2.75, 3.05) is 19.8 Å².